The highest BCUT2D eigenvalue weighted by Crippen LogP contribution is 2.14. The van der Waals surface area contributed by atoms with Crippen molar-refractivity contribution in [2.45, 2.75) is 37.6 Å². The molecule has 120 valence electrons. The summed E-state index contributed by atoms with van der Waals surface area (Å²) in [5.74, 6) is -0.429. The van der Waals surface area contributed by atoms with Gasteiger partial charge in [-0.15, -0.1) is 0 Å². The van der Waals surface area contributed by atoms with Crippen molar-refractivity contribution in [1.29, 1.82) is 0 Å². The minimum atomic E-state index is -3.84. The number of hydrogen-bond donors (Lipinski definition) is 1. The summed E-state index contributed by atoms with van der Waals surface area (Å²) in [5.41, 5.74) is 0.321. The Bertz CT molecular complexity index is 679. The number of amides is 1. The SMILES string of the molecule is CC(=O)c1cccc(S(=O)(=O)NC(C)C(=O)N2CCCC2)c1. The smallest absolute Gasteiger partial charge is 0.241 e. The second kappa shape index (κ2) is 6.58. The second-order valence-electron chi connectivity index (χ2n) is 5.46. The number of carbonyl (C=O) groups excluding carboxylic acids is 2. The molecule has 6 nitrogen and oxygen atoms in total. The molecule has 1 unspecified atom stereocenters. The van der Waals surface area contributed by atoms with Crippen molar-refractivity contribution < 1.29 is 18.0 Å². The maximum absolute atomic E-state index is 12.3. The summed E-state index contributed by atoms with van der Waals surface area (Å²) in [5, 5.41) is 0. The lowest BCUT2D eigenvalue weighted by molar-refractivity contribution is -0.131. The van der Waals surface area contributed by atoms with E-state index in [9.17, 15) is 18.0 Å². The van der Waals surface area contributed by atoms with Gasteiger partial charge in [-0.05, 0) is 38.8 Å². The average molecular weight is 324 g/mol. The first-order chi connectivity index (χ1) is 10.3. The normalized spacial score (nSPS) is 16.5. The fourth-order valence-electron chi connectivity index (χ4n) is 2.44. The first-order valence-corrected chi connectivity index (χ1v) is 8.72. The van der Waals surface area contributed by atoms with Crippen LogP contribution >= 0.6 is 0 Å². The number of Topliss-reactive ketones (excluding diaryl/α,β-unsaturated/α-hetero) is 1. The third kappa shape index (κ3) is 3.72. The molecule has 1 atom stereocenters. The molecule has 22 heavy (non-hydrogen) atoms. The van der Waals surface area contributed by atoms with Crippen molar-refractivity contribution in [3.63, 3.8) is 0 Å². The molecular formula is C15H20N2O4S. The predicted octanol–water partition coefficient (Wildman–Crippen LogP) is 1.18. The van der Waals surface area contributed by atoms with E-state index < -0.39 is 16.1 Å². The van der Waals surface area contributed by atoms with Crippen LogP contribution < -0.4 is 4.72 Å². The maximum atomic E-state index is 12.3. The van der Waals surface area contributed by atoms with E-state index in [0.717, 1.165) is 12.8 Å². The van der Waals surface area contributed by atoms with Gasteiger partial charge < -0.3 is 4.90 Å². The third-order valence-electron chi connectivity index (χ3n) is 3.67. The van der Waals surface area contributed by atoms with Crippen LogP contribution in [0.4, 0.5) is 0 Å². The van der Waals surface area contributed by atoms with Crippen LogP contribution in [-0.4, -0.2) is 44.1 Å². The van der Waals surface area contributed by atoms with Gasteiger partial charge in [-0.2, -0.15) is 4.72 Å². The molecule has 1 aliphatic heterocycles. The highest BCUT2D eigenvalue weighted by atomic mass is 32.2. The van der Waals surface area contributed by atoms with Crippen molar-refractivity contribution in [1.82, 2.24) is 9.62 Å². The number of sulfonamides is 1. The van der Waals surface area contributed by atoms with Gasteiger partial charge in [-0.25, -0.2) is 8.42 Å². The van der Waals surface area contributed by atoms with Crippen LogP contribution in [0.1, 0.15) is 37.0 Å². The lowest BCUT2D eigenvalue weighted by Crippen LogP contribution is -2.45. The van der Waals surface area contributed by atoms with Crippen molar-refractivity contribution in [2.75, 3.05) is 13.1 Å². The van der Waals surface area contributed by atoms with Gasteiger partial charge in [0.25, 0.3) is 0 Å². The van der Waals surface area contributed by atoms with E-state index in [-0.39, 0.29) is 16.6 Å². The lowest BCUT2D eigenvalue weighted by atomic mass is 10.2. The van der Waals surface area contributed by atoms with Gasteiger partial charge in [-0.3, -0.25) is 9.59 Å². The number of nitrogens with zero attached hydrogens (tertiary/aromatic N) is 1. The third-order valence-corrected chi connectivity index (χ3v) is 5.21. The first kappa shape index (κ1) is 16.6. The Morgan fingerprint density at radius 3 is 2.45 bits per heavy atom. The Morgan fingerprint density at radius 2 is 1.86 bits per heavy atom. The van der Waals surface area contributed by atoms with E-state index in [0.29, 0.717) is 18.7 Å². The van der Waals surface area contributed by atoms with Crippen LogP contribution in [0.25, 0.3) is 0 Å². The van der Waals surface area contributed by atoms with E-state index in [2.05, 4.69) is 4.72 Å². The number of benzene rings is 1. The molecule has 1 N–H and O–H groups in total. The number of hydrogen-bond acceptors (Lipinski definition) is 4. The van der Waals surface area contributed by atoms with Crippen LogP contribution in [0.3, 0.4) is 0 Å². The number of rotatable bonds is 5. The van der Waals surface area contributed by atoms with Gasteiger partial charge >= 0.3 is 0 Å². The lowest BCUT2D eigenvalue weighted by Gasteiger charge is -2.21. The fraction of sp³-hybridized carbons (Fsp3) is 0.467. The molecule has 1 amide bonds. The summed E-state index contributed by atoms with van der Waals surface area (Å²) in [6.07, 6.45) is 1.90. The topological polar surface area (TPSA) is 83.5 Å². The average Bonchev–Trinajstić information content (AvgIpc) is 3.00. The molecule has 0 saturated carbocycles. The largest absolute Gasteiger partial charge is 0.341 e. The molecule has 1 aromatic rings. The van der Waals surface area contributed by atoms with Crippen LogP contribution in [0, 0.1) is 0 Å². The number of likely N-dealkylation sites (tertiary alicyclic amines) is 1. The van der Waals surface area contributed by atoms with Crippen LogP contribution in [0.15, 0.2) is 29.2 Å². The molecule has 1 heterocycles. The Labute approximate surface area is 130 Å². The summed E-state index contributed by atoms with van der Waals surface area (Å²) in [6.45, 7) is 4.25. The molecule has 0 spiro atoms. The van der Waals surface area contributed by atoms with Gasteiger partial charge in [0.05, 0.1) is 10.9 Å². The summed E-state index contributed by atoms with van der Waals surface area (Å²) in [4.78, 5) is 25.2. The molecule has 7 heteroatoms. The molecular weight excluding hydrogens is 304 g/mol. The van der Waals surface area contributed by atoms with Crippen LogP contribution in [-0.2, 0) is 14.8 Å². The van der Waals surface area contributed by atoms with Gasteiger partial charge in [0.1, 0.15) is 0 Å². The number of nitrogens with one attached hydrogen (secondary N) is 1. The van der Waals surface area contributed by atoms with Gasteiger partial charge in [0, 0.05) is 18.7 Å². The minimum Gasteiger partial charge on any atom is -0.341 e. The maximum Gasteiger partial charge on any atom is 0.241 e. The summed E-state index contributed by atoms with van der Waals surface area (Å²) in [7, 11) is -3.84. The minimum absolute atomic E-state index is 0.0127. The fourth-order valence-corrected chi connectivity index (χ4v) is 3.69. The van der Waals surface area contributed by atoms with Gasteiger partial charge in [0.15, 0.2) is 5.78 Å². The summed E-state index contributed by atoms with van der Waals surface area (Å²) in [6, 6.07) is 4.96. The Morgan fingerprint density at radius 1 is 1.23 bits per heavy atom. The summed E-state index contributed by atoms with van der Waals surface area (Å²) >= 11 is 0. The van der Waals surface area contributed by atoms with Gasteiger partial charge in [0.2, 0.25) is 15.9 Å². The van der Waals surface area contributed by atoms with Gasteiger partial charge in [-0.1, -0.05) is 12.1 Å². The molecule has 1 aliphatic rings. The Kier molecular flexibility index (Phi) is 4.97. The standard InChI is InChI=1S/C15H20N2O4S/c1-11(15(19)17-8-3-4-9-17)16-22(20,21)14-7-5-6-13(10-14)12(2)18/h5-7,10-11,16H,3-4,8-9H2,1-2H3. The quantitative estimate of drug-likeness (QED) is 0.824. The van der Waals surface area contributed by atoms with E-state index in [1.54, 1.807) is 11.0 Å². The number of ketones is 1. The molecule has 0 bridgehead atoms. The molecule has 1 saturated heterocycles. The first-order valence-electron chi connectivity index (χ1n) is 7.23. The zero-order valence-corrected chi connectivity index (χ0v) is 13.5. The highest BCUT2D eigenvalue weighted by molar-refractivity contribution is 7.89. The monoisotopic (exact) mass is 324 g/mol. The van der Waals surface area contributed by atoms with E-state index >= 15 is 0 Å². The second-order valence-corrected chi connectivity index (χ2v) is 7.17. The molecule has 1 fully saturated rings. The zero-order chi connectivity index (χ0) is 16.3. The van der Waals surface area contributed by atoms with Crippen LogP contribution in [0.2, 0.25) is 0 Å². The summed E-state index contributed by atoms with van der Waals surface area (Å²) < 4.78 is 27.1. The van der Waals surface area contributed by atoms with Crippen molar-refractivity contribution in [3.8, 4) is 0 Å². The van der Waals surface area contributed by atoms with Crippen molar-refractivity contribution in [2.24, 2.45) is 0 Å². The van der Waals surface area contributed by atoms with Crippen LogP contribution in [0.5, 0.6) is 0 Å². The van der Waals surface area contributed by atoms with E-state index in [4.69, 9.17) is 0 Å². The molecule has 1 aromatic carbocycles. The predicted molar refractivity (Wildman–Crippen MR) is 82.0 cm³/mol. The van der Waals surface area contributed by atoms with E-state index in [1.807, 2.05) is 0 Å². The molecule has 2 rings (SSSR count). The number of carbonyl (C=O) groups is 2. The molecule has 0 aliphatic carbocycles. The zero-order valence-electron chi connectivity index (χ0n) is 12.7. The highest BCUT2D eigenvalue weighted by Gasteiger charge is 2.27. The Hall–Kier alpha value is -1.73. The van der Waals surface area contributed by atoms with E-state index in [1.165, 1.54) is 32.0 Å². The molecule has 0 radical (unpaired) electrons. The van der Waals surface area contributed by atoms with Crippen molar-refractivity contribution in [3.05, 3.63) is 29.8 Å². The Balaban J connectivity index is 2.14. The molecule has 0 aromatic heterocycles. The van der Waals surface area contributed by atoms with Crippen molar-refractivity contribution >= 4 is 21.7 Å².